The summed E-state index contributed by atoms with van der Waals surface area (Å²) in [5.74, 6) is 1.36. The van der Waals surface area contributed by atoms with Crippen LogP contribution in [0.2, 0.25) is 0 Å². The summed E-state index contributed by atoms with van der Waals surface area (Å²) in [5.41, 5.74) is 0.298. The number of nitrogens with one attached hydrogen (secondary N) is 1. The van der Waals surface area contributed by atoms with Gasteiger partial charge in [0, 0.05) is 17.5 Å². The molecule has 0 saturated carbocycles. The van der Waals surface area contributed by atoms with Crippen LogP contribution in [0, 0.1) is 17.2 Å². The maximum absolute atomic E-state index is 9.01. The van der Waals surface area contributed by atoms with Crippen molar-refractivity contribution in [2.24, 2.45) is 5.92 Å². The van der Waals surface area contributed by atoms with Gasteiger partial charge in [-0.3, -0.25) is 0 Å². The van der Waals surface area contributed by atoms with Gasteiger partial charge in [0.25, 0.3) is 0 Å². The first-order valence-electron chi connectivity index (χ1n) is 6.05. The zero-order chi connectivity index (χ0) is 13.7. The van der Waals surface area contributed by atoms with Crippen LogP contribution in [-0.4, -0.2) is 11.5 Å². The Morgan fingerprint density at radius 2 is 2.37 bits per heavy atom. The maximum Gasteiger partial charge on any atom is 0.232 e. The van der Waals surface area contributed by atoms with Gasteiger partial charge in [0.2, 0.25) is 17.5 Å². The van der Waals surface area contributed by atoms with Crippen molar-refractivity contribution < 1.29 is 4.42 Å². The van der Waals surface area contributed by atoms with Crippen molar-refractivity contribution >= 4 is 29.4 Å². The van der Waals surface area contributed by atoms with Crippen LogP contribution in [0.25, 0.3) is 12.2 Å². The topological polar surface area (TPSA) is 61.9 Å². The average molecular weight is 273 g/mol. The predicted octanol–water partition coefficient (Wildman–Crippen LogP) is 3.85. The van der Waals surface area contributed by atoms with E-state index in [1.165, 1.54) is 0 Å². The van der Waals surface area contributed by atoms with Crippen molar-refractivity contribution in [3.63, 3.8) is 0 Å². The second-order valence-corrected chi connectivity index (χ2v) is 5.44. The van der Waals surface area contributed by atoms with Crippen LogP contribution < -0.4 is 5.32 Å². The Morgan fingerprint density at radius 1 is 1.53 bits per heavy atom. The van der Waals surface area contributed by atoms with Crippen molar-refractivity contribution in [3.05, 3.63) is 34.0 Å². The van der Waals surface area contributed by atoms with Gasteiger partial charge in [0.15, 0.2) is 0 Å². The molecule has 0 aliphatic rings. The molecule has 0 aromatic carbocycles. The molecule has 1 N–H and O–H groups in total. The molecule has 98 valence electrons. The molecule has 0 amide bonds. The minimum Gasteiger partial charge on any atom is -0.420 e. The lowest BCUT2D eigenvalue weighted by molar-refractivity contribution is 0.550. The largest absolute Gasteiger partial charge is 0.420 e. The second-order valence-electron chi connectivity index (χ2n) is 4.47. The summed E-state index contributed by atoms with van der Waals surface area (Å²) in [5, 5.41) is 14.1. The van der Waals surface area contributed by atoms with E-state index in [0.717, 1.165) is 11.4 Å². The molecular formula is C14H15N3OS. The molecule has 0 aliphatic heterocycles. The van der Waals surface area contributed by atoms with E-state index in [1.54, 1.807) is 17.4 Å². The highest BCUT2D eigenvalue weighted by molar-refractivity contribution is 7.10. The first-order valence-corrected chi connectivity index (χ1v) is 6.93. The van der Waals surface area contributed by atoms with E-state index in [2.05, 4.69) is 24.1 Å². The quantitative estimate of drug-likeness (QED) is 0.899. The van der Waals surface area contributed by atoms with Gasteiger partial charge >= 0.3 is 0 Å². The van der Waals surface area contributed by atoms with Gasteiger partial charge in [-0.05, 0) is 23.4 Å². The molecule has 0 atom stereocenters. The molecule has 19 heavy (non-hydrogen) atoms. The Labute approximate surface area is 116 Å². The summed E-state index contributed by atoms with van der Waals surface area (Å²) < 4.78 is 5.53. The number of hydrogen-bond acceptors (Lipinski definition) is 5. The molecule has 0 spiro atoms. The molecule has 0 radical (unpaired) electrons. The van der Waals surface area contributed by atoms with E-state index in [4.69, 9.17) is 9.68 Å². The van der Waals surface area contributed by atoms with Crippen LogP contribution in [0.3, 0.4) is 0 Å². The molecule has 2 aromatic heterocycles. The van der Waals surface area contributed by atoms with Crippen LogP contribution in [0.4, 0.5) is 5.88 Å². The summed E-state index contributed by atoms with van der Waals surface area (Å²) >= 11 is 1.64. The molecule has 5 heteroatoms. The van der Waals surface area contributed by atoms with Gasteiger partial charge in [-0.1, -0.05) is 19.9 Å². The second kappa shape index (κ2) is 6.21. The van der Waals surface area contributed by atoms with Crippen LogP contribution in [0.1, 0.15) is 30.3 Å². The zero-order valence-electron chi connectivity index (χ0n) is 10.9. The van der Waals surface area contributed by atoms with Crippen LogP contribution in [-0.2, 0) is 0 Å². The molecule has 2 rings (SSSR count). The highest BCUT2D eigenvalue weighted by atomic mass is 32.1. The third-order valence-corrected chi connectivity index (χ3v) is 3.19. The van der Waals surface area contributed by atoms with E-state index in [-0.39, 0.29) is 0 Å². The first-order chi connectivity index (χ1) is 9.19. The Balaban J connectivity index is 2.12. The number of hydrogen-bond donors (Lipinski definition) is 1. The highest BCUT2D eigenvalue weighted by Crippen LogP contribution is 2.19. The van der Waals surface area contributed by atoms with Crippen LogP contribution in [0.15, 0.2) is 21.9 Å². The number of aromatic nitrogens is 1. The minimum atomic E-state index is 0.298. The normalized spacial score (nSPS) is 11.1. The summed E-state index contributed by atoms with van der Waals surface area (Å²) in [6.45, 7) is 4.93. The molecule has 0 aliphatic carbocycles. The number of nitrogens with zero attached hydrogens (tertiary/aromatic N) is 2. The summed E-state index contributed by atoms with van der Waals surface area (Å²) in [6, 6.07) is 6.02. The van der Waals surface area contributed by atoms with Gasteiger partial charge in [0.05, 0.1) is 0 Å². The molecule has 4 nitrogen and oxygen atoms in total. The minimum absolute atomic E-state index is 0.298. The molecule has 0 fully saturated rings. The fourth-order valence-electron chi connectivity index (χ4n) is 1.44. The summed E-state index contributed by atoms with van der Waals surface area (Å²) in [4.78, 5) is 5.25. The van der Waals surface area contributed by atoms with Gasteiger partial charge in [-0.2, -0.15) is 10.2 Å². The van der Waals surface area contributed by atoms with E-state index < -0.39 is 0 Å². The SMILES string of the molecule is CC(C)CNc1oc(C=Cc2cccs2)nc1C#N. The smallest absolute Gasteiger partial charge is 0.232 e. The molecule has 0 saturated heterocycles. The van der Waals surface area contributed by atoms with Gasteiger partial charge in [-0.25, -0.2) is 0 Å². The maximum atomic E-state index is 9.01. The van der Waals surface area contributed by atoms with E-state index >= 15 is 0 Å². The molecular weight excluding hydrogens is 258 g/mol. The van der Waals surface area contributed by atoms with E-state index in [9.17, 15) is 0 Å². The Morgan fingerprint density at radius 3 is 3.00 bits per heavy atom. The molecule has 2 heterocycles. The van der Waals surface area contributed by atoms with E-state index in [0.29, 0.717) is 23.4 Å². The first kappa shape index (κ1) is 13.4. The van der Waals surface area contributed by atoms with Gasteiger partial charge in [0.1, 0.15) is 6.07 Å². The Kier molecular flexibility index (Phi) is 4.37. The molecule has 0 bridgehead atoms. The lowest BCUT2D eigenvalue weighted by Crippen LogP contribution is -2.08. The summed E-state index contributed by atoms with van der Waals surface area (Å²) in [6.07, 6.45) is 3.69. The van der Waals surface area contributed by atoms with Crippen LogP contribution in [0.5, 0.6) is 0 Å². The number of rotatable bonds is 5. The zero-order valence-corrected chi connectivity index (χ0v) is 11.7. The lowest BCUT2D eigenvalue weighted by Gasteiger charge is -2.04. The standard InChI is InChI=1S/C14H15N3OS/c1-10(2)9-16-14-12(8-15)17-13(18-14)6-5-11-4-3-7-19-11/h3-7,10,16H,9H2,1-2H3. The Bertz CT molecular complexity index is 591. The number of anilines is 1. The molecule has 2 aromatic rings. The average Bonchev–Trinajstić information content (AvgIpc) is 3.03. The predicted molar refractivity (Wildman–Crippen MR) is 77.8 cm³/mol. The Hall–Kier alpha value is -2.06. The number of thiophene rings is 1. The van der Waals surface area contributed by atoms with E-state index in [1.807, 2.05) is 29.7 Å². The third kappa shape index (κ3) is 3.70. The van der Waals surface area contributed by atoms with Crippen molar-refractivity contribution in [2.45, 2.75) is 13.8 Å². The van der Waals surface area contributed by atoms with Crippen molar-refractivity contribution in [1.82, 2.24) is 4.98 Å². The monoisotopic (exact) mass is 273 g/mol. The highest BCUT2D eigenvalue weighted by Gasteiger charge is 2.11. The van der Waals surface area contributed by atoms with Gasteiger partial charge < -0.3 is 9.73 Å². The van der Waals surface area contributed by atoms with Crippen molar-refractivity contribution in [2.75, 3.05) is 11.9 Å². The van der Waals surface area contributed by atoms with Crippen LogP contribution >= 0.6 is 11.3 Å². The van der Waals surface area contributed by atoms with Crippen molar-refractivity contribution in [3.8, 4) is 6.07 Å². The van der Waals surface area contributed by atoms with Crippen molar-refractivity contribution in [1.29, 1.82) is 5.26 Å². The fraction of sp³-hybridized carbons (Fsp3) is 0.286. The fourth-order valence-corrected chi connectivity index (χ4v) is 2.06. The molecule has 0 unspecified atom stereocenters. The number of nitriles is 1. The third-order valence-electron chi connectivity index (χ3n) is 2.35. The lowest BCUT2D eigenvalue weighted by atomic mass is 10.2. The number of oxazole rings is 1. The van der Waals surface area contributed by atoms with Gasteiger partial charge in [-0.15, -0.1) is 11.3 Å². The summed E-state index contributed by atoms with van der Waals surface area (Å²) in [7, 11) is 0.